The molecule has 0 aliphatic rings. The molecule has 0 saturated carbocycles. The number of alkyl halides is 3. The molecule has 0 aliphatic heterocycles. The van der Waals surface area contributed by atoms with E-state index in [2.05, 4.69) is 28.4 Å². The first-order valence-corrected chi connectivity index (χ1v) is 10.7. The molecule has 4 rings (SSSR count). The number of halogens is 3. The highest BCUT2D eigenvalue weighted by Gasteiger charge is 2.31. The van der Waals surface area contributed by atoms with E-state index < -0.39 is 11.7 Å². The maximum atomic E-state index is 13.3. The molecule has 0 fully saturated rings. The van der Waals surface area contributed by atoms with Gasteiger partial charge in [-0.3, -0.25) is 4.57 Å². The molecule has 0 unspecified atom stereocenters. The number of hydrogen-bond acceptors (Lipinski definition) is 3. The van der Waals surface area contributed by atoms with E-state index in [-0.39, 0.29) is 0 Å². The monoisotopic (exact) mass is 439 g/mol. The molecule has 0 aliphatic carbocycles. The van der Waals surface area contributed by atoms with E-state index in [4.69, 9.17) is 0 Å². The number of aryl methyl sites for hydroxylation is 2. The normalized spacial score (nSPS) is 11.6. The van der Waals surface area contributed by atoms with Gasteiger partial charge < -0.3 is 0 Å². The number of thioether (sulfide) groups is 1. The third kappa shape index (κ3) is 4.66. The maximum absolute atomic E-state index is 13.3. The lowest BCUT2D eigenvalue weighted by atomic mass is 10.1. The lowest BCUT2D eigenvalue weighted by Crippen LogP contribution is -2.07. The van der Waals surface area contributed by atoms with E-state index >= 15 is 0 Å². The highest BCUT2D eigenvalue weighted by atomic mass is 32.2. The molecule has 158 valence electrons. The van der Waals surface area contributed by atoms with Gasteiger partial charge in [0.1, 0.15) is 0 Å². The predicted octanol–water partition coefficient (Wildman–Crippen LogP) is 6.86. The molecule has 7 heteroatoms. The third-order valence-electron chi connectivity index (χ3n) is 4.96. The molecule has 3 nitrogen and oxygen atoms in total. The standard InChI is InChI=1S/C24H20F3N3S/c1-16-11-12-17(2)19(13-16)15-31-23-29-28-22(18-7-4-3-5-8-18)30(23)21-10-6-9-20(14-21)24(25,26)27/h3-14H,15H2,1-2H3. The number of rotatable bonds is 5. The summed E-state index contributed by atoms with van der Waals surface area (Å²) in [5.74, 6) is 1.14. The Morgan fingerprint density at radius 1 is 0.871 bits per heavy atom. The van der Waals surface area contributed by atoms with Crippen LogP contribution in [0.5, 0.6) is 0 Å². The zero-order valence-corrected chi connectivity index (χ0v) is 17.8. The second-order valence-electron chi connectivity index (χ2n) is 7.27. The van der Waals surface area contributed by atoms with Gasteiger partial charge in [-0.1, -0.05) is 71.9 Å². The Morgan fingerprint density at radius 3 is 2.39 bits per heavy atom. The summed E-state index contributed by atoms with van der Waals surface area (Å²) in [6, 6.07) is 20.8. The summed E-state index contributed by atoms with van der Waals surface area (Å²) in [6.45, 7) is 4.08. The van der Waals surface area contributed by atoms with Crippen molar-refractivity contribution in [1.29, 1.82) is 0 Å². The zero-order valence-electron chi connectivity index (χ0n) is 17.0. The molecule has 0 amide bonds. The summed E-state index contributed by atoms with van der Waals surface area (Å²) in [4.78, 5) is 0. The van der Waals surface area contributed by atoms with Crippen molar-refractivity contribution in [1.82, 2.24) is 14.8 Å². The smallest absolute Gasteiger partial charge is 0.270 e. The van der Waals surface area contributed by atoms with E-state index in [0.717, 1.165) is 34.4 Å². The fourth-order valence-corrected chi connectivity index (χ4v) is 4.30. The van der Waals surface area contributed by atoms with Crippen LogP contribution >= 0.6 is 11.8 Å². The molecule has 0 bridgehead atoms. The summed E-state index contributed by atoms with van der Waals surface area (Å²) in [7, 11) is 0. The van der Waals surface area contributed by atoms with Crippen LogP contribution in [0.3, 0.4) is 0 Å². The first-order chi connectivity index (χ1) is 14.8. The van der Waals surface area contributed by atoms with Crippen molar-refractivity contribution in [2.75, 3.05) is 0 Å². The number of nitrogens with zero attached hydrogens (tertiary/aromatic N) is 3. The van der Waals surface area contributed by atoms with Gasteiger partial charge in [-0.2, -0.15) is 13.2 Å². The van der Waals surface area contributed by atoms with Crippen molar-refractivity contribution in [3.05, 3.63) is 95.1 Å². The van der Waals surface area contributed by atoms with Crippen molar-refractivity contribution in [3.63, 3.8) is 0 Å². The van der Waals surface area contributed by atoms with Crippen LogP contribution in [0.1, 0.15) is 22.3 Å². The van der Waals surface area contributed by atoms with Crippen molar-refractivity contribution in [2.45, 2.75) is 30.9 Å². The van der Waals surface area contributed by atoms with Crippen LogP contribution in [0.25, 0.3) is 17.1 Å². The largest absolute Gasteiger partial charge is 0.416 e. The summed E-state index contributed by atoms with van der Waals surface area (Å²) >= 11 is 1.45. The maximum Gasteiger partial charge on any atom is 0.416 e. The fourth-order valence-electron chi connectivity index (χ4n) is 3.29. The van der Waals surface area contributed by atoms with Gasteiger partial charge in [0.15, 0.2) is 11.0 Å². The lowest BCUT2D eigenvalue weighted by Gasteiger charge is -2.13. The second-order valence-corrected chi connectivity index (χ2v) is 8.22. The molecule has 0 radical (unpaired) electrons. The number of benzene rings is 3. The van der Waals surface area contributed by atoms with Gasteiger partial charge in [-0.25, -0.2) is 0 Å². The van der Waals surface area contributed by atoms with Crippen molar-refractivity contribution < 1.29 is 13.2 Å². The topological polar surface area (TPSA) is 30.7 Å². The molecule has 3 aromatic carbocycles. The first-order valence-electron chi connectivity index (χ1n) is 9.70. The SMILES string of the molecule is Cc1ccc(C)c(CSc2nnc(-c3ccccc3)n2-c2cccc(C(F)(F)F)c2)c1. The Bertz CT molecular complexity index is 1200. The minimum atomic E-state index is -4.43. The average Bonchev–Trinajstić information content (AvgIpc) is 3.18. The van der Waals surface area contributed by atoms with Gasteiger partial charge in [0.2, 0.25) is 0 Å². The van der Waals surface area contributed by atoms with E-state index in [1.54, 1.807) is 10.6 Å². The molecule has 0 saturated heterocycles. The Labute approximate surface area is 183 Å². The molecule has 1 heterocycles. The molecule has 1 aromatic heterocycles. The average molecular weight is 440 g/mol. The van der Waals surface area contributed by atoms with Crippen molar-refractivity contribution in [3.8, 4) is 17.1 Å². The van der Waals surface area contributed by atoms with Crippen LogP contribution in [0.4, 0.5) is 13.2 Å². The molecule has 0 N–H and O–H groups in total. The first kappa shape index (κ1) is 21.2. The van der Waals surface area contributed by atoms with Gasteiger partial charge in [-0.15, -0.1) is 10.2 Å². The molecule has 31 heavy (non-hydrogen) atoms. The van der Waals surface area contributed by atoms with Crippen LogP contribution in [0, 0.1) is 13.8 Å². The number of hydrogen-bond donors (Lipinski definition) is 0. The highest BCUT2D eigenvalue weighted by Crippen LogP contribution is 2.34. The minimum absolute atomic E-state index is 0.377. The van der Waals surface area contributed by atoms with E-state index in [9.17, 15) is 13.2 Å². The van der Waals surface area contributed by atoms with Gasteiger partial charge >= 0.3 is 6.18 Å². The van der Waals surface area contributed by atoms with Gasteiger partial charge in [0, 0.05) is 11.3 Å². The lowest BCUT2D eigenvalue weighted by molar-refractivity contribution is -0.137. The molecular weight excluding hydrogens is 419 g/mol. The van der Waals surface area contributed by atoms with Crippen LogP contribution in [0.2, 0.25) is 0 Å². The summed E-state index contributed by atoms with van der Waals surface area (Å²) in [5.41, 5.74) is 3.93. The van der Waals surface area contributed by atoms with Gasteiger partial charge in [0.25, 0.3) is 0 Å². The highest BCUT2D eigenvalue weighted by molar-refractivity contribution is 7.98. The third-order valence-corrected chi connectivity index (χ3v) is 5.94. The summed E-state index contributed by atoms with van der Waals surface area (Å²) in [5, 5.41) is 9.18. The van der Waals surface area contributed by atoms with Crippen LogP contribution in [-0.4, -0.2) is 14.8 Å². The zero-order chi connectivity index (χ0) is 22.0. The second kappa shape index (κ2) is 8.59. The molecule has 0 atom stereocenters. The summed E-state index contributed by atoms with van der Waals surface area (Å²) in [6.07, 6.45) is -4.43. The van der Waals surface area contributed by atoms with Gasteiger partial charge in [-0.05, 0) is 43.2 Å². The van der Waals surface area contributed by atoms with E-state index in [1.165, 1.54) is 17.8 Å². The predicted molar refractivity (Wildman–Crippen MR) is 117 cm³/mol. The molecule has 0 spiro atoms. The van der Waals surface area contributed by atoms with Crippen LogP contribution < -0.4 is 0 Å². The Morgan fingerprint density at radius 2 is 1.65 bits per heavy atom. The quantitative estimate of drug-likeness (QED) is 0.318. The number of aromatic nitrogens is 3. The van der Waals surface area contributed by atoms with E-state index in [1.807, 2.05) is 44.2 Å². The van der Waals surface area contributed by atoms with Crippen molar-refractivity contribution in [2.24, 2.45) is 0 Å². The van der Waals surface area contributed by atoms with Gasteiger partial charge in [0.05, 0.1) is 11.3 Å². The Hall–Kier alpha value is -3.06. The van der Waals surface area contributed by atoms with Crippen molar-refractivity contribution >= 4 is 11.8 Å². The van der Waals surface area contributed by atoms with E-state index in [0.29, 0.717) is 22.4 Å². The Kier molecular flexibility index (Phi) is 5.87. The molecular formula is C24H20F3N3S. The summed E-state index contributed by atoms with van der Waals surface area (Å²) < 4.78 is 41.7. The molecule has 4 aromatic rings. The fraction of sp³-hybridized carbons (Fsp3) is 0.167. The Balaban J connectivity index is 1.78. The minimum Gasteiger partial charge on any atom is -0.270 e. The van der Waals surface area contributed by atoms with Crippen LogP contribution in [0.15, 0.2) is 78.0 Å². The van der Waals surface area contributed by atoms with Crippen LogP contribution in [-0.2, 0) is 11.9 Å².